The van der Waals surface area contributed by atoms with Crippen molar-refractivity contribution < 1.29 is 9.53 Å². The van der Waals surface area contributed by atoms with Gasteiger partial charge in [-0.05, 0) is 63.6 Å². The van der Waals surface area contributed by atoms with Crippen LogP contribution in [0.4, 0.5) is 5.00 Å². The van der Waals surface area contributed by atoms with E-state index in [4.69, 9.17) is 4.74 Å². The predicted octanol–water partition coefficient (Wildman–Crippen LogP) is 5.43. The van der Waals surface area contributed by atoms with Crippen LogP contribution in [0.2, 0.25) is 0 Å². The minimum atomic E-state index is -0.142. The molecule has 0 saturated heterocycles. The van der Waals surface area contributed by atoms with Gasteiger partial charge in [-0.1, -0.05) is 35.9 Å². The van der Waals surface area contributed by atoms with E-state index in [1.807, 2.05) is 30.5 Å². The van der Waals surface area contributed by atoms with Gasteiger partial charge in [0, 0.05) is 11.4 Å². The molecule has 1 aliphatic carbocycles. The molecule has 4 rings (SSSR count). The van der Waals surface area contributed by atoms with Gasteiger partial charge in [0.25, 0.3) is 0 Å². The number of aryl methyl sites for hydroxylation is 3. The topological polar surface area (TPSA) is 92.8 Å². The fourth-order valence-electron chi connectivity index (χ4n) is 4.20. The van der Waals surface area contributed by atoms with Gasteiger partial charge < -0.3 is 14.6 Å². The summed E-state index contributed by atoms with van der Waals surface area (Å²) >= 11 is 2.90. The molecule has 1 amide bonds. The van der Waals surface area contributed by atoms with E-state index in [1.165, 1.54) is 28.6 Å². The highest BCUT2D eigenvalue weighted by atomic mass is 32.2. The van der Waals surface area contributed by atoms with Crippen LogP contribution in [-0.2, 0) is 30.8 Å². The van der Waals surface area contributed by atoms with Crippen LogP contribution in [0.5, 0.6) is 5.75 Å². The summed E-state index contributed by atoms with van der Waals surface area (Å²) < 4.78 is 7.94. The number of fused-ring (bicyclic) bond motifs is 1. The quantitative estimate of drug-likeness (QED) is 0.331. The molecule has 2 aromatic heterocycles. The molecule has 0 atom stereocenters. The number of amides is 1. The fourth-order valence-corrected chi connectivity index (χ4v) is 6.27. The van der Waals surface area contributed by atoms with Gasteiger partial charge in [-0.3, -0.25) is 4.79 Å². The van der Waals surface area contributed by atoms with Crippen molar-refractivity contribution in [3.8, 4) is 11.8 Å². The zero-order valence-electron chi connectivity index (χ0n) is 19.8. The Morgan fingerprint density at radius 2 is 2.09 bits per heavy atom. The van der Waals surface area contributed by atoms with Crippen molar-refractivity contribution in [1.29, 1.82) is 5.26 Å². The lowest BCUT2D eigenvalue weighted by atomic mass is 10.1. The van der Waals surface area contributed by atoms with E-state index >= 15 is 0 Å². The number of nitriles is 1. The molecule has 0 fully saturated rings. The fraction of sp³-hybridized carbons (Fsp3) is 0.440. The number of rotatable bonds is 8. The number of nitrogens with one attached hydrogen (secondary N) is 1. The highest BCUT2D eigenvalue weighted by molar-refractivity contribution is 7.99. The first-order valence-electron chi connectivity index (χ1n) is 11.6. The van der Waals surface area contributed by atoms with E-state index in [9.17, 15) is 10.1 Å². The molecule has 3 aromatic rings. The van der Waals surface area contributed by atoms with E-state index in [2.05, 4.69) is 34.6 Å². The Labute approximate surface area is 208 Å². The van der Waals surface area contributed by atoms with Gasteiger partial charge in [-0.15, -0.1) is 21.5 Å². The van der Waals surface area contributed by atoms with Crippen LogP contribution in [-0.4, -0.2) is 26.4 Å². The van der Waals surface area contributed by atoms with Crippen molar-refractivity contribution in [1.82, 2.24) is 14.8 Å². The maximum atomic E-state index is 12.7. The first-order chi connectivity index (χ1) is 16.5. The highest BCUT2D eigenvalue weighted by Gasteiger charge is 2.21. The van der Waals surface area contributed by atoms with Gasteiger partial charge in [0.15, 0.2) is 11.0 Å². The average Bonchev–Trinajstić information content (AvgIpc) is 3.28. The van der Waals surface area contributed by atoms with Crippen molar-refractivity contribution in [2.75, 3.05) is 11.1 Å². The van der Waals surface area contributed by atoms with Gasteiger partial charge in [0.2, 0.25) is 5.91 Å². The summed E-state index contributed by atoms with van der Waals surface area (Å²) in [6, 6.07) is 8.39. The molecular formula is C25H29N5O2S2. The van der Waals surface area contributed by atoms with Crippen molar-refractivity contribution in [3.05, 3.63) is 51.2 Å². The van der Waals surface area contributed by atoms with Gasteiger partial charge in [-0.25, -0.2) is 0 Å². The van der Waals surface area contributed by atoms with E-state index in [0.717, 1.165) is 48.4 Å². The zero-order valence-corrected chi connectivity index (χ0v) is 21.4. The molecule has 7 nitrogen and oxygen atoms in total. The molecule has 178 valence electrons. The van der Waals surface area contributed by atoms with Crippen LogP contribution in [0.25, 0.3) is 0 Å². The summed E-state index contributed by atoms with van der Waals surface area (Å²) in [6.45, 7) is 7.09. The lowest BCUT2D eigenvalue weighted by molar-refractivity contribution is -0.113. The number of hydrogen-bond acceptors (Lipinski definition) is 7. The summed E-state index contributed by atoms with van der Waals surface area (Å²) in [6.07, 6.45) is 5.35. The Bertz CT molecular complexity index is 1220. The Morgan fingerprint density at radius 3 is 2.85 bits per heavy atom. The molecule has 34 heavy (non-hydrogen) atoms. The minimum Gasteiger partial charge on any atom is -0.485 e. The number of hydrogen-bond donors (Lipinski definition) is 1. The summed E-state index contributed by atoms with van der Waals surface area (Å²) in [5.41, 5.74) is 4.05. The minimum absolute atomic E-state index is 0.142. The third kappa shape index (κ3) is 5.45. The molecule has 1 aliphatic rings. The van der Waals surface area contributed by atoms with Crippen LogP contribution in [0.1, 0.15) is 59.1 Å². The lowest BCUT2D eigenvalue weighted by Crippen LogP contribution is -2.15. The Hall–Kier alpha value is -2.83. The third-order valence-electron chi connectivity index (χ3n) is 5.92. The highest BCUT2D eigenvalue weighted by Crippen LogP contribution is 2.37. The second kappa shape index (κ2) is 11.1. The maximum absolute atomic E-state index is 12.7. The van der Waals surface area contributed by atoms with Crippen molar-refractivity contribution in [2.45, 2.75) is 71.2 Å². The molecule has 0 saturated carbocycles. The third-order valence-corrected chi connectivity index (χ3v) is 8.09. The van der Waals surface area contributed by atoms with Crippen LogP contribution >= 0.6 is 23.1 Å². The van der Waals surface area contributed by atoms with Crippen LogP contribution in [0, 0.1) is 25.2 Å². The summed E-state index contributed by atoms with van der Waals surface area (Å²) in [7, 11) is 0. The molecular weight excluding hydrogens is 466 g/mol. The number of thioether (sulfide) groups is 1. The van der Waals surface area contributed by atoms with Crippen LogP contribution < -0.4 is 10.1 Å². The summed E-state index contributed by atoms with van der Waals surface area (Å²) in [4.78, 5) is 13.9. The average molecular weight is 496 g/mol. The number of aromatic nitrogens is 3. The molecule has 1 N–H and O–H groups in total. The number of thiophene rings is 1. The molecule has 0 spiro atoms. The smallest absolute Gasteiger partial charge is 0.235 e. The largest absolute Gasteiger partial charge is 0.485 e. The maximum Gasteiger partial charge on any atom is 0.235 e. The van der Waals surface area contributed by atoms with E-state index in [1.54, 1.807) is 11.3 Å². The monoisotopic (exact) mass is 495 g/mol. The van der Waals surface area contributed by atoms with E-state index in [-0.39, 0.29) is 11.7 Å². The predicted molar refractivity (Wildman–Crippen MR) is 136 cm³/mol. The SMILES string of the molecule is CCn1c(COc2ccc(C)cc2C)nnc1SCC(=O)Nc1sc2c(c1C#N)CCCCC2. The van der Waals surface area contributed by atoms with E-state index < -0.39 is 0 Å². The first-order valence-corrected chi connectivity index (χ1v) is 13.4. The number of anilines is 1. The molecule has 0 radical (unpaired) electrons. The van der Waals surface area contributed by atoms with Crippen LogP contribution in [0.15, 0.2) is 23.4 Å². The second-order valence-electron chi connectivity index (χ2n) is 8.42. The Balaban J connectivity index is 1.38. The van der Waals surface area contributed by atoms with Crippen molar-refractivity contribution in [2.24, 2.45) is 0 Å². The lowest BCUT2D eigenvalue weighted by Gasteiger charge is -2.11. The number of ether oxygens (including phenoxy) is 1. The molecule has 0 aliphatic heterocycles. The van der Waals surface area contributed by atoms with Gasteiger partial charge in [0.1, 0.15) is 23.4 Å². The normalized spacial score (nSPS) is 13.1. The standard InChI is InChI=1S/C25H29N5O2S2/c1-4-30-22(14-32-20-11-10-16(2)12-17(20)3)28-29-25(30)33-15-23(31)27-24-19(13-26)18-8-6-5-7-9-21(18)34-24/h10-12H,4-9,14-15H2,1-3H3,(H,27,31). The summed E-state index contributed by atoms with van der Waals surface area (Å²) in [5.74, 6) is 1.60. The molecule has 2 heterocycles. The van der Waals surface area contributed by atoms with Gasteiger partial charge in [-0.2, -0.15) is 5.26 Å². The summed E-state index contributed by atoms with van der Waals surface area (Å²) in [5, 5.41) is 22.6. The van der Waals surface area contributed by atoms with Gasteiger partial charge in [0.05, 0.1) is 11.3 Å². The molecule has 1 aromatic carbocycles. The molecule has 0 bridgehead atoms. The van der Waals surface area contributed by atoms with Gasteiger partial charge >= 0.3 is 0 Å². The molecule has 0 unspecified atom stereocenters. The zero-order chi connectivity index (χ0) is 24.1. The first kappa shape index (κ1) is 24.3. The van der Waals surface area contributed by atoms with Crippen LogP contribution in [0.3, 0.4) is 0 Å². The second-order valence-corrected chi connectivity index (χ2v) is 10.5. The number of carbonyl (C=O) groups is 1. The Kier molecular flexibility index (Phi) is 7.91. The van der Waals surface area contributed by atoms with Crippen molar-refractivity contribution in [3.63, 3.8) is 0 Å². The Morgan fingerprint density at radius 1 is 1.26 bits per heavy atom. The number of carbonyl (C=O) groups excluding carboxylic acids is 1. The number of benzene rings is 1. The number of nitrogens with zero attached hydrogens (tertiary/aromatic N) is 4. The van der Waals surface area contributed by atoms with Crippen molar-refractivity contribution >= 4 is 34.0 Å². The van der Waals surface area contributed by atoms with E-state index in [0.29, 0.717) is 28.9 Å². The molecule has 9 heteroatoms.